The Bertz CT molecular complexity index is 574. The van der Waals surface area contributed by atoms with Crippen LogP contribution in [0.15, 0.2) is 27.6 Å². The zero-order chi connectivity index (χ0) is 14.0. The largest absolute Gasteiger partial charge is 0.480 e. The SMILES string of the molecule is O=C(O)C1CSCN1C(=O)Cn1cc(Br)ccc1=O. The molecule has 0 radical (unpaired) electrons. The number of nitrogens with zero attached hydrogens (tertiary/aromatic N) is 2. The highest BCUT2D eigenvalue weighted by Gasteiger charge is 2.34. The molecule has 19 heavy (non-hydrogen) atoms. The molecule has 0 aliphatic carbocycles. The topological polar surface area (TPSA) is 79.6 Å². The molecule has 1 amide bonds. The second-order valence-corrected chi connectivity index (χ2v) is 5.95. The molecule has 2 heterocycles. The van der Waals surface area contributed by atoms with Crippen molar-refractivity contribution in [3.8, 4) is 0 Å². The molecule has 0 saturated carbocycles. The standard InChI is InChI=1S/C11H11BrN2O4S/c12-7-1-2-9(15)13(3-7)4-10(16)14-6-19-5-8(14)11(17)18/h1-3,8H,4-6H2,(H,17,18). The van der Waals surface area contributed by atoms with Gasteiger partial charge in [0.1, 0.15) is 12.6 Å². The van der Waals surface area contributed by atoms with E-state index in [0.29, 0.717) is 16.1 Å². The van der Waals surface area contributed by atoms with Gasteiger partial charge in [0, 0.05) is 22.5 Å². The van der Waals surface area contributed by atoms with E-state index in [9.17, 15) is 14.4 Å². The molecule has 1 aliphatic rings. The minimum absolute atomic E-state index is 0.150. The predicted octanol–water partition coefficient (Wildman–Crippen LogP) is 0.597. The number of aromatic nitrogens is 1. The van der Waals surface area contributed by atoms with E-state index < -0.39 is 12.0 Å². The first-order valence-corrected chi connectivity index (χ1v) is 7.40. The van der Waals surface area contributed by atoms with Crippen LogP contribution in [0.4, 0.5) is 0 Å². The maximum atomic E-state index is 12.1. The van der Waals surface area contributed by atoms with E-state index >= 15 is 0 Å². The highest BCUT2D eigenvalue weighted by atomic mass is 79.9. The third kappa shape index (κ3) is 3.19. The third-order valence-corrected chi connectivity index (χ3v) is 4.22. The van der Waals surface area contributed by atoms with Crippen LogP contribution in [0.25, 0.3) is 0 Å². The number of thioether (sulfide) groups is 1. The van der Waals surface area contributed by atoms with Crippen molar-refractivity contribution in [1.82, 2.24) is 9.47 Å². The number of hydrogen-bond donors (Lipinski definition) is 1. The van der Waals surface area contributed by atoms with E-state index in [0.717, 1.165) is 0 Å². The summed E-state index contributed by atoms with van der Waals surface area (Å²) in [6.45, 7) is -0.150. The fourth-order valence-corrected chi connectivity index (χ4v) is 3.31. The summed E-state index contributed by atoms with van der Waals surface area (Å²) in [7, 11) is 0. The normalized spacial score (nSPS) is 18.6. The summed E-state index contributed by atoms with van der Waals surface area (Å²) >= 11 is 4.61. The summed E-state index contributed by atoms with van der Waals surface area (Å²) in [6.07, 6.45) is 1.51. The van der Waals surface area contributed by atoms with Gasteiger partial charge in [0.25, 0.3) is 5.56 Å². The van der Waals surface area contributed by atoms with Crippen LogP contribution in [0.2, 0.25) is 0 Å². The first-order chi connectivity index (χ1) is 8.99. The number of carbonyl (C=O) groups excluding carboxylic acids is 1. The van der Waals surface area contributed by atoms with Crippen LogP contribution in [0.5, 0.6) is 0 Å². The zero-order valence-electron chi connectivity index (χ0n) is 9.78. The summed E-state index contributed by atoms with van der Waals surface area (Å²) in [5.41, 5.74) is -0.296. The van der Waals surface area contributed by atoms with E-state index in [1.165, 1.54) is 33.5 Å². The highest BCUT2D eigenvalue weighted by Crippen LogP contribution is 2.21. The molecule has 1 aromatic rings. The number of hydrogen-bond acceptors (Lipinski definition) is 4. The van der Waals surface area contributed by atoms with Crippen molar-refractivity contribution in [3.05, 3.63) is 33.2 Å². The molecule has 1 atom stereocenters. The molecular weight excluding hydrogens is 336 g/mol. The summed E-state index contributed by atoms with van der Waals surface area (Å²) in [6, 6.07) is 2.14. The minimum Gasteiger partial charge on any atom is -0.480 e. The summed E-state index contributed by atoms with van der Waals surface area (Å²) < 4.78 is 1.94. The van der Waals surface area contributed by atoms with Gasteiger partial charge < -0.3 is 14.6 Å². The number of carbonyl (C=O) groups is 2. The Morgan fingerprint density at radius 3 is 2.89 bits per heavy atom. The Morgan fingerprint density at radius 2 is 2.21 bits per heavy atom. The average molecular weight is 347 g/mol. The quantitative estimate of drug-likeness (QED) is 0.866. The molecule has 1 saturated heterocycles. The van der Waals surface area contributed by atoms with Crippen LogP contribution in [-0.4, -0.2) is 44.1 Å². The Hall–Kier alpha value is -1.28. The van der Waals surface area contributed by atoms with Crippen LogP contribution in [-0.2, 0) is 16.1 Å². The molecule has 8 heteroatoms. The van der Waals surface area contributed by atoms with E-state index in [-0.39, 0.29) is 18.0 Å². The van der Waals surface area contributed by atoms with Crippen LogP contribution in [0.3, 0.4) is 0 Å². The van der Waals surface area contributed by atoms with Crippen molar-refractivity contribution in [1.29, 1.82) is 0 Å². The molecular formula is C11H11BrN2O4S. The number of amides is 1. The molecule has 1 aliphatic heterocycles. The number of carboxylic acids is 1. The van der Waals surface area contributed by atoms with Crippen molar-refractivity contribution < 1.29 is 14.7 Å². The van der Waals surface area contributed by atoms with Gasteiger partial charge in [-0.3, -0.25) is 9.59 Å². The van der Waals surface area contributed by atoms with Crippen LogP contribution < -0.4 is 5.56 Å². The Morgan fingerprint density at radius 1 is 1.47 bits per heavy atom. The van der Waals surface area contributed by atoms with Gasteiger partial charge in [0.2, 0.25) is 5.91 Å². The maximum absolute atomic E-state index is 12.1. The Balaban J connectivity index is 2.15. The molecule has 1 aromatic heterocycles. The average Bonchev–Trinajstić information content (AvgIpc) is 2.83. The summed E-state index contributed by atoms with van der Waals surface area (Å²) in [4.78, 5) is 36.0. The van der Waals surface area contributed by atoms with Crippen molar-refractivity contribution in [2.45, 2.75) is 12.6 Å². The monoisotopic (exact) mass is 346 g/mol. The van der Waals surface area contributed by atoms with Crippen LogP contribution in [0, 0.1) is 0 Å². The zero-order valence-corrected chi connectivity index (χ0v) is 12.2. The molecule has 0 bridgehead atoms. The van der Waals surface area contributed by atoms with E-state index in [4.69, 9.17) is 5.11 Å². The fourth-order valence-electron chi connectivity index (χ4n) is 1.76. The van der Waals surface area contributed by atoms with Crippen LogP contribution >= 0.6 is 27.7 Å². The highest BCUT2D eigenvalue weighted by molar-refractivity contribution is 9.10. The van der Waals surface area contributed by atoms with Gasteiger partial charge in [0.05, 0.1) is 5.88 Å². The van der Waals surface area contributed by atoms with E-state index in [1.54, 1.807) is 6.07 Å². The summed E-state index contributed by atoms with van der Waals surface area (Å²) in [5.74, 6) is -0.648. The van der Waals surface area contributed by atoms with Gasteiger partial charge in [-0.05, 0) is 22.0 Å². The molecule has 1 fully saturated rings. The molecule has 2 rings (SSSR count). The van der Waals surface area contributed by atoms with Crippen molar-refractivity contribution in [2.24, 2.45) is 0 Å². The second kappa shape index (κ2) is 5.79. The van der Waals surface area contributed by atoms with Crippen molar-refractivity contribution in [2.75, 3.05) is 11.6 Å². The second-order valence-electron chi connectivity index (χ2n) is 4.03. The minimum atomic E-state index is -1.01. The van der Waals surface area contributed by atoms with Gasteiger partial charge >= 0.3 is 5.97 Å². The molecule has 0 aromatic carbocycles. The number of aliphatic carboxylic acids is 1. The van der Waals surface area contributed by atoms with Gasteiger partial charge in [-0.2, -0.15) is 0 Å². The first-order valence-electron chi connectivity index (χ1n) is 5.45. The maximum Gasteiger partial charge on any atom is 0.327 e. The third-order valence-electron chi connectivity index (χ3n) is 2.74. The van der Waals surface area contributed by atoms with E-state index in [2.05, 4.69) is 15.9 Å². The van der Waals surface area contributed by atoms with Crippen LogP contribution in [0.1, 0.15) is 0 Å². The molecule has 0 spiro atoms. The lowest BCUT2D eigenvalue weighted by atomic mass is 10.3. The molecule has 6 nitrogen and oxygen atoms in total. The number of rotatable bonds is 3. The number of halogens is 1. The van der Waals surface area contributed by atoms with Gasteiger partial charge in [-0.1, -0.05) is 0 Å². The van der Waals surface area contributed by atoms with Crippen molar-refractivity contribution >= 4 is 39.6 Å². The molecule has 1 N–H and O–H groups in total. The summed E-state index contributed by atoms with van der Waals surface area (Å²) in [5, 5.41) is 9.01. The predicted molar refractivity (Wildman–Crippen MR) is 74.0 cm³/mol. The van der Waals surface area contributed by atoms with E-state index in [1.807, 2.05) is 0 Å². The number of pyridine rings is 1. The van der Waals surface area contributed by atoms with Gasteiger partial charge in [0.15, 0.2) is 0 Å². The first kappa shape index (κ1) is 14.1. The lowest BCUT2D eigenvalue weighted by Crippen LogP contribution is -2.44. The fraction of sp³-hybridized carbons (Fsp3) is 0.364. The molecule has 102 valence electrons. The Labute approximate surface area is 121 Å². The lowest BCUT2D eigenvalue weighted by molar-refractivity contribution is -0.148. The van der Waals surface area contributed by atoms with Crippen molar-refractivity contribution in [3.63, 3.8) is 0 Å². The van der Waals surface area contributed by atoms with Gasteiger partial charge in [-0.15, -0.1) is 11.8 Å². The Kier molecular flexibility index (Phi) is 4.31. The van der Waals surface area contributed by atoms with Gasteiger partial charge in [-0.25, -0.2) is 4.79 Å². The number of carboxylic acid groups (broad SMARTS) is 1. The molecule has 1 unspecified atom stereocenters. The lowest BCUT2D eigenvalue weighted by Gasteiger charge is -2.20. The smallest absolute Gasteiger partial charge is 0.327 e.